The molecule has 0 saturated heterocycles. The molecule has 0 saturated carbocycles. The highest BCUT2D eigenvalue weighted by atomic mass is 35.5. The fourth-order valence-electron chi connectivity index (χ4n) is 1.13. The number of halogens is 1. The number of likely N-dealkylation sites (N-methyl/N-ethyl adjacent to an activating group) is 1. The van der Waals surface area contributed by atoms with Gasteiger partial charge in [-0.15, -0.1) is 0 Å². The number of nitrogens with one attached hydrogen (secondary N) is 1. The molecule has 1 N–H and O–H groups in total. The lowest BCUT2D eigenvalue weighted by atomic mass is 10.3. The van der Waals surface area contributed by atoms with Crippen molar-refractivity contribution in [3.8, 4) is 0 Å². The average Bonchev–Trinajstić information content (AvgIpc) is 2.08. The SMILES string of the molecule is C=C(C)CN(C)c1cn[nH]c(=O)c1Cl. The number of hydrogen-bond acceptors (Lipinski definition) is 3. The molecule has 1 aromatic rings. The Labute approximate surface area is 87.2 Å². The molecule has 14 heavy (non-hydrogen) atoms. The van der Waals surface area contributed by atoms with Gasteiger partial charge in [0.2, 0.25) is 0 Å². The predicted molar refractivity (Wildman–Crippen MR) is 58.0 cm³/mol. The molecule has 0 amide bonds. The first kappa shape index (κ1) is 10.8. The molecular weight excluding hydrogens is 202 g/mol. The van der Waals surface area contributed by atoms with Crippen LogP contribution in [0.2, 0.25) is 5.02 Å². The van der Waals surface area contributed by atoms with Crippen molar-refractivity contribution >= 4 is 17.3 Å². The Bertz CT molecular complexity index is 399. The molecule has 1 rings (SSSR count). The molecule has 0 aromatic carbocycles. The van der Waals surface area contributed by atoms with Gasteiger partial charge in [0.1, 0.15) is 5.02 Å². The summed E-state index contributed by atoms with van der Waals surface area (Å²) in [6.45, 7) is 6.33. The molecule has 0 aliphatic carbocycles. The first-order valence-corrected chi connectivity index (χ1v) is 4.49. The molecule has 0 bridgehead atoms. The smallest absolute Gasteiger partial charge is 0.285 e. The number of aromatic nitrogens is 2. The lowest BCUT2D eigenvalue weighted by molar-refractivity contribution is 0.932. The Morgan fingerprint density at radius 1 is 1.79 bits per heavy atom. The van der Waals surface area contributed by atoms with E-state index in [0.29, 0.717) is 12.2 Å². The highest BCUT2D eigenvalue weighted by molar-refractivity contribution is 6.32. The maximum Gasteiger partial charge on any atom is 0.285 e. The minimum absolute atomic E-state index is 0.156. The second-order valence-electron chi connectivity index (χ2n) is 3.21. The van der Waals surface area contributed by atoms with E-state index in [1.807, 2.05) is 18.9 Å². The number of nitrogens with zero attached hydrogens (tertiary/aromatic N) is 2. The van der Waals surface area contributed by atoms with Crippen LogP contribution in [0, 0.1) is 0 Å². The molecule has 0 fully saturated rings. The summed E-state index contributed by atoms with van der Waals surface area (Å²) in [5.41, 5.74) is 1.22. The van der Waals surface area contributed by atoms with Crippen LogP contribution >= 0.6 is 11.6 Å². The Morgan fingerprint density at radius 2 is 2.43 bits per heavy atom. The van der Waals surface area contributed by atoms with Crippen molar-refractivity contribution in [2.45, 2.75) is 6.92 Å². The Morgan fingerprint density at radius 3 is 3.00 bits per heavy atom. The van der Waals surface area contributed by atoms with E-state index >= 15 is 0 Å². The monoisotopic (exact) mass is 213 g/mol. The van der Waals surface area contributed by atoms with E-state index in [0.717, 1.165) is 5.57 Å². The molecule has 0 atom stereocenters. The summed E-state index contributed by atoms with van der Waals surface area (Å²) in [5, 5.41) is 6.10. The zero-order valence-corrected chi connectivity index (χ0v) is 8.93. The van der Waals surface area contributed by atoms with Crippen LogP contribution in [0.15, 0.2) is 23.1 Å². The van der Waals surface area contributed by atoms with Crippen molar-refractivity contribution in [3.63, 3.8) is 0 Å². The lowest BCUT2D eigenvalue weighted by Crippen LogP contribution is -2.22. The average molecular weight is 214 g/mol. The van der Waals surface area contributed by atoms with Crippen molar-refractivity contribution in [1.29, 1.82) is 0 Å². The highest BCUT2D eigenvalue weighted by Gasteiger charge is 2.09. The molecule has 4 nitrogen and oxygen atoms in total. The summed E-state index contributed by atoms with van der Waals surface area (Å²) in [4.78, 5) is 13.0. The number of hydrogen-bond donors (Lipinski definition) is 1. The van der Waals surface area contributed by atoms with Crippen molar-refractivity contribution in [2.24, 2.45) is 0 Å². The molecule has 0 spiro atoms. The number of aromatic amines is 1. The van der Waals surface area contributed by atoms with Gasteiger partial charge in [0.25, 0.3) is 5.56 Å². The van der Waals surface area contributed by atoms with Crippen molar-refractivity contribution < 1.29 is 0 Å². The van der Waals surface area contributed by atoms with Gasteiger partial charge in [-0.3, -0.25) is 4.79 Å². The third-order valence-electron chi connectivity index (χ3n) is 1.70. The lowest BCUT2D eigenvalue weighted by Gasteiger charge is -2.19. The largest absolute Gasteiger partial charge is 0.368 e. The van der Waals surface area contributed by atoms with Crippen LogP contribution in [0.1, 0.15) is 6.92 Å². The van der Waals surface area contributed by atoms with Gasteiger partial charge in [-0.05, 0) is 6.92 Å². The first-order valence-electron chi connectivity index (χ1n) is 4.11. The summed E-state index contributed by atoms with van der Waals surface area (Å²) >= 11 is 5.82. The van der Waals surface area contributed by atoms with E-state index in [2.05, 4.69) is 16.8 Å². The molecule has 0 radical (unpaired) electrons. The second-order valence-corrected chi connectivity index (χ2v) is 3.59. The Kier molecular flexibility index (Phi) is 3.30. The summed E-state index contributed by atoms with van der Waals surface area (Å²) in [6, 6.07) is 0. The van der Waals surface area contributed by atoms with Gasteiger partial charge in [0.15, 0.2) is 0 Å². The third kappa shape index (κ3) is 2.35. The van der Waals surface area contributed by atoms with Gasteiger partial charge in [0, 0.05) is 13.6 Å². The fraction of sp³-hybridized carbons (Fsp3) is 0.333. The van der Waals surface area contributed by atoms with Gasteiger partial charge in [-0.2, -0.15) is 5.10 Å². The molecular formula is C9H12ClN3O. The minimum atomic E-state index is -0.377. The van der Waals surface area contributed by atoms with Crippen molar-refractivity contribution in [3.05, 3.63) is 33.7 Å². The standard InChI is InChI=1S/C9H12ClN3O/c1-6(2)5-13(3)7-4-11-12-9(14)8(7)10/h4H,1,5H2,2-3H3,(H,12,14). The van der Waals surface area contributed by atoms with E-state index in [4.69, 9.17) is 11.6 Å². The highest BCUT2D eigenvalue weighted by Crippen LogP contribution is 2.19. The zero-order valence-electron chi connectivity index (χ0n) is 8.17. The molecule has 1 heterocycles. The number of rotatable bonds is 3. The second kappa shape index (κ2) is 4.28. The van der Waals surface area contributed by atoms with Gasteiger partial charge >= 0.3 is 0 Å². The molecule has 1 aromatic heterocycles. The molecule has 5 heteroatoms. The topological polar surface area (TPSA) is 49.0 Å². The summed E-state index contributed by atoms with van der Waals surface area (Å²) in [6.07, 6.45) is 1.52. The Balaban J connectivity index is 3.01. The third-order valence-corrected chi connectivity index (χ3v) is 2.06. The quantitative estimate of drug-likeness (QED) is 0.773. The van der Waals surface area contributed by atoms with E-state index in [9.17, 15) is 4.79 Å². The molecule has 0 aliphatic rings. The van der Waals surface area contributed by atoms with Crippen molar-refractivity contribution in [2.75, 3.05) is 18.5 Å². The normalized spacial score (nSPS) is 9.93. The zero-order chi connectivity index (χ0) is 10.7. The van der Waals surface area contributed by atoms with Crippen LogP contribution in [0.4, 0.5) is 5.69 Å². The van der Waals surface area contributed by atoms with E-state index < -0.39 is 0 Å². The maximum absolute atomic E-state index is 11.1. The molecule has 76 valence electrons. The van der Waals surface area contributed by atoms with E-state index in [1.54, 1.807) is 0 Å². The summed E-state index contributed by atoms with van der Waals surface area (Å²) in [5.74, 6) is 0. The van der Waals surface area contributed by atoms with Crippen LogP contribution in [0.5, 0.6) is 0 Å². The van der Waals surface area contributed by atoms with Gasteiger partial charge in [0.05, 0.1) is 11.9 Å². The van der Waals surface area contributed by atoms with Crippen LogP contribution in [-0.2, 0) is 0 Å². The van der Waals surface area contributed by atoms with E-state index in [1.165, 1.54) is 6.20 Å². The minimum Gasteiger partial charge on any atom is -0.368 e. The van der Waals surface area contributed by atoms with E-state index in [-0.39, 0.29) is 10.6 Å². The van der Waals surface area contributed by atoms with Crippen LogP contribution in [0.25, 0.3) is 0 Å². The maximum atomic E-state index is 11.1. The summed E-state index contributed by atoms with van der Waals surface area (Å²) in [7, 11) is 1.83. The van der Waals surface area contributed by atoms with Crippen LogP contribution < -0.4 is 10.5 Å². The first-order chi connectivity index (χ1) is 6.52. The van der Waals surface area contributed by atoms with Crippen LogP contribution in [-0.4, -0.2) is 23.8 Å². The number of anilines is 1. The molecule has 0 aliphatic heterocycles. The van der Waals surface area contributed by atoms with Crippen molar-refractivity contribution in [1.82, 2.24) is 10.2 Å². The number of H-pyrrole nitrogens is 1. The summed E-state index contributed by atoms with van der Waals surface area (Å²) < 4.78 is 0. The van der Waals surface area contributed by atoms with Gasteiger partial charge in [-0.25, -0.2) is 5.10 Å². The predicted octanol–water partition coefficient (Wildman–Crippen LogP) is 1.44. The fourth-order valence-corrected chi connectivity index (χ4v) is 1.37. The van der Waals surface area contributed by atoms with Crippen LogP contribution in [0.3, 0.4) is 0 Å². The van der Waals surface area contributed by atoms with Gasteiger partial charge in [-0.1, -0.05) is 23.8 Å². The Hall–Kier alpha value is -1.29. The molecule has 0 unspecified atom stereocenters. The van der Waals surface area contributed by atoms with Gasteiger partial charge < -0.3 is 4.90 Å².